The summed E-state index contributed by atoms with van der Waals surface area (Å²) >= 11 is 0. The summed E-state index contributed by atoms with van der Waals surface area (Å²) in [6, 6.07) is 6.56. The lowest BCUT2D eigenvalue weighted by molar-refractivity contribution is -0.135. The maximum Gasteiger partial charge on any atom is 0.236 e. The lowest BCUT2D eigenvalue weighted by Crippen LogP contribution is -2.51. The Kier molecular flexibility index (Phi) is 6.46. The van der Waals surface area contributed by atoms with Gasteiger partial charge in [-0.05, 0) is 36.5 Å². The number of hydrogen-bond donors (Lipinski definition) is 0. The lowest BCUT2D eigenvalue weighted by Gasteiger charge is -2.38. The smallest absolute Gasteiger partial charge is 0.236 e. The Morgan fingerprint density at radius 3 is 2.41 bits per heavy atom. The van der Waals surface area contributed by atoms with Crippen LogP contribution in [0.25, 0.3) is 0 Å². The quantitative estimate of drug-likeness (QED) is 0.814. The van der Waals surface area contributed by atoms with Crippen molar-refractivity contribution in [3.05, 3.63) is 35.1 Å². The molecule has 0 aliphatic carbocycles. The molecule has 0 saturated carbocycles. The van der Waals surface area contributed by atoms with Crippen molar-refractivity contribution in [2.24, 2.45) is 11.8 Å². The van der Waals surface area contributed by atoms with Gasteiger partial charge in [-0.1, -0.05) is 13.8 Å². The van der Waals surface area contributed by atoms with E-state index >= 15 is 0 Å². The molecule has 2 saturated heterocycles. The molecule has 2 fully saturated rings. The molecular formula is C21H29FN4O. The van der Waals surface area contributed by atoms with Gasteiger partial charge in [0.25, 0.3) is 0 Å². The van der Waals surface area contributed by atoms with Gasteiger partial charge in [-0.3, -0.25) is 14.6 Å². The van der Waals surface area contributed by atoms with Crippen molar-refractivity contribution < 1.29 is 9.18 Å². The molecule has 146 valence electrons. The molecule has 1 amide bonds. The molecule has 0 aromatic heterocycles. The van der Waals surface area contributed by atoms with Gasteiger partial charge in [0, 0.05) is 51.4 Å². The standard InChI is InChI=1S/C21H29FN4O/c1-16-9-17(2)13-26(12-16)21(27)15-25-7-5-24(6-8-25)14-19-10-18(11-23)3-4-20(19)22/h3-4,10,16-17H,5-9,12-15H2,1-2H3. The van der Waals surface area contributed by atoms with Crippen molar-refractivity contribution >= 4 is 5.91 Å². The molecule has 0 N–H and O–H groups in total. The van der Waals surface area contributed by atoms with Crippen LogP contribution >= 0.6 is 0 Å². The van der Waals surface area contributed by atoms with Crippen LogP contribution < -0.4 is 0 Å². The minimum Gasteiger partial charge on any atom is -0.341 e. The molecule has 0 bridgehead atoms. The van der Waals surface area contributed by atoms with Crippen molar-refractivity contribution in [1.29, 1.82) is 5.26 Å². The average Bonchev–Trinajstić information content (AvgIpc) is 2.64. The molecule has 1 aromatic carbocycles. The van der Waals surface area contributed by atoms with Crippen LogP contribution in [0.2, 0.25) is 0 Å². The lowest BCUT2D eigenvalue weighted by atomic mass is 9.92. The van der Waals surface area contributed by atoms with Crippen LogP contribution in [-0.4, -0.2) is 66.4 Å². The monoisotopic (exact) mass is 372 g/mol. The fraction of sp³-hybridized carbons (Fsp3) is 0.619. The summed E-state index contributed by atoms with van der Waals surface area (Å²) < 4.78 is 14.0. The number of nitrogens with zero attached hydrogens (tertiary/aromatic N) is 4. The third-order valence-electron chi connectivity index (χ3n) is 5.61. The molecule has 1 aromatic rings. The molecule has 3 rings (SSSR count). The molecular weight excluding hydrogens is 343 g/mol. The second-order valence-corrected chi connectivity index (χ2v) is 8.22. The number of nitriles is 1. The van der Waals surface area contributed by atoms with Crippen molar-refractivity contribution in [1.82, 2.24) is 14.7 Å². The number of amides is 1. The van der Waals surface area contributed by atoms with Crippen LogP contribution in [0, 0.1) is 29.0 Å². The van der Waals surface area contributed by atoms with Crippen LogP contribution in [0.15, 0.2) is 18.2 Å². The molecule has 2 atom stereocenters. The number of piperidine rings is 1. The van der Waals surface area contributed by atoms with E-state index in [-0.39, 0.29) is 11.7 Å². The topological polar surface area (TPSA) is 50.6 Å². The molecule has 2 aliphatic rings. The second-order valence-electron chi connectivity index (χ2n) is 8.22. The Morgan fingerprint density at radius 1 is 1.15 bits per heavy atom. The molecule has 2 heterocycles. The Bertz CT molecular complexity index is 699. The number of benzene rings is 1. The number of carbonyl (C=O) groups is 1. The van der Waals surface area contributed by atoms with E-state index < -0.39 is 0 Å². The van der Waals surface area contributed by atoms with E-state index in [1.807, 2.05) is 4.90 Å². The van der Waals surface area contributed by atoms with Crippen LogP contribution in [0.4, 0.5) is 4.39 Å². The highest BCUT2D eigenvalue weighted by Crippen LogP contribution is 2.21. The highest BCUT2D eigenvalue weighted by molar-refractivity contribution is 5.78. The largest absolute Gasteiger partial charge is 0.341 e. The third kappa shape index (κ3) is 5.27. The summed E-state index contributed by atoms with van der Waals surface area (Å²) in [5.74, 6) is 1.12. The molecule has 2 unspecified atom stereocenters. The second kappa shape index (κ2) is 8.81. The summed E-state index contributed by atoms with van der Waals surface area (Å²) in [4.78, 5) is 19.0. The summed E-state index contributed by atoms with van der Waals surface area (Å²) in [6.45, 7) is 10.4. The van der Waals surface area contributed by atoms with Crippen LogP contribution in [0.1, 0.15) is 31.4 Å². The van der Waals surface area contributed by atoms with Gasteiger partial charge in [-0.2, -0.15) is 5.26 Å². The van der Waals surface area contributed by atoms with E-state index in [9.17, 15) is 9.18 Å². The Labute approximate surface area is 161 Å². The predicted octanol–water partition coefficient (Wildman–Crippen LogP) is 2.32. The van der Waals surface area contributed by atoms with E-state index in [4.69, 9.17) is 5.26 Å². The number of carbonyl (C=O) groups excluding carboxylic acids is 1. The fourth-order valence-electron chi connectivity index (χ4n) is 4.27. The number of halogens is 1. The molecule has 0 spiro atoms. The zero-order valence-electron chi connectivity index (χ0n) is 16.3. The predicted molar refractivity (Wildman–Crippen MR) is 102 cm³/mol. The number of hydrogen-bond acceptors (Lipinski definition) is 4. The number of likely N-dealkylation sites (tertiary alicyclic amines) is 1. The van der Waals surface area contributed by atoms with E-state index in [0.29, 0.717) is 36.1 Å². The van der Waals surface area contributed by atoms with Gasteiger partial charge in [0.2, 0.25) is 5.91 Å². The molecule has 5 nitrogen and oxygen atoms in total. The zero-order chi connectivity index (χ0) is 19.4. The first-order chi connectivity index (χ1) is 12.9. The first-order valence-corrected chi connectivity index (χ1v) is 9.85. The molecule has 0 radical (unpaired) electrons. The van der Waals surface area contributed by atoms with E-state index in [1.54, 1.807) is 6.07 Å². The summed E-state index contributed by atoms with van der Waals surface area (Å²) in [5.41, 5.74) is 1.05. The van der Waals surface area contributed by atoms with Gasteiger partial charge < -0.3 is 4.90 Å². The van der Waals surface area contributed by atoms with Crippen LogP contribution in [0.5, 0.6) is 0 Å². The number of piperazine rings is 1. The molecule has 6 heteroatoms. The maximum absolute atomic E-state index is 14.0. The van der Waals surface area contributed by atoms with Crippen molar-refractivity contribution in [2.75, 3.05) is 45.8 Å². The van der Waals surface area contributed by atoms with Gasteiger partial charge in [-0.25, -0.2) is 4.39 Å². The van der Waals surface area contributed by atoms with E-state index in [1.165, 1.54) is 18.6 Å². The highest BCUT2D eigenvalue weighted by atomic mass is 19.1. The minimum atomic E-state index is -0.264. The first kappa shape index (κ1) is 19.8. The van der Waals surface area contributed by atoms with Gasteiger partial charge in [0.05, 0.1) is 18.2 Å². The normalized spacial score (nSPS) is 24.6. The third-order valence-corrected chi connectivity index (χ3v) is 5.61. The number of rotatable bonds is 4. The van der Waals surface area contributed by atoms with E-state index in [0.717, 1.165) is 39.3 Å². The van der Waals surface area contributed by atoms with Gasteiger partial charge in [-0.15, -0.1) is 0 Å². The SMILES string of the molecule is CC1CC(C)CN(C(=O)CN2CCN(Cc3cc(C#N)ccc3F)CC2)C1. The Hall–Kier alpha value is -1.97. The highest BCUT2D eigenvalue weighted by Gasteiger charge is 2.27. The zero-order valence-corrected chi connectivity index (χ0v) is 16.3. The first-order valence-electron chi connectivity index (χ1n) is 9.85. The summed E-state index contributed by atoms with van der Waals surface area (Å²) in [5, 5.41) is 8.99. The minimum absolute atomic E-state index is 0.231. The average molecular weight is 372 g/mol. The van der Waals surface area contributed by atoms with Gasteiger partial charge in [0.15, 0.2) is 0 Å². The van der Waals surface area contributed by atoms with Crippen molar-refractivity contribution in [3.8, 4) is 6.07 Å². The summed E-state index contributed by atoms with van der Waals surface area (Å²) in [6.07, 6.45) is 1.20. The van der Waals surface area contributed by atoms with Gasteiger partial charge in [0.1, 0.15) is 5.82 Å². The van der Waals surface area contributed by atoms with Crippen LogP contribution in [0.3, 0.4) is 0 Å². The van der Waals surface area contributed by atoms with Crippen molar-refractivity contribution in [2.45, 2.75) is 26.8 Å². The summed E-state index contributed by atoms with van der Waals surface area (Å²) in [7, 11) is 0. The molecule has 2 aliphatic heterocycles. The van der Waals surface area contributed by atoms with Crippen LogP contribution in [-0.2, 0) is 11.3 Å². The van der Waals surface area contributed by atoms with E-state index in [2.05, 4.69) is 29.7 Å². The van der Waals surface area contributed by atoms with Gasteiger partial charge >= 0.3 is 0 Å². The maximum atomic E-state index is 14.0. The Morgan fingerprint density at radius 2 is 1.78 bits per heavy atom. The van der Waals surface area contributed by atoms with Crippen molar-refractivity contribution in [3.63, 3.8) is 0 Å². The molecule has 27 heavy (non-hydrogen) atoms. The Balaban J connectivity index is 1.48. The fourth-order valence-corrected chi connectivity index (χ4v) is 4.27.